The van der Waals surface area contributed by atoms with E-state index in [1.54, 1.807) is 24.3 Å². The molecular weight excluding hydrogens is 344 g/mol. The van der Waals surface area contributed by atoms with Crippen molar-refractivity contribution >= 4 is 18.1 Å². The minimum atomic E-state index is -0.964. The van der Waals surface area contributed by atoms with Crippen LogP contribution in [0.1, 0.15) is 48.7 Å². The highest BCUT2D eigenvalue weighted by molar-refractivity contribution is 5.88. The zero-order valence-electron chi connectivity index (χ0n) is 15.1. The lowest BCUT2D eigenvalue weighted by molar-refractivity contribution is -0.123. The van der Waals surface area contributed by atoms with Crippen LogP contribution in [0.3, 0.4) is 0 Å². The summed E-state index contributed by atoms with van der Waals surface area (Å²) in [5.41, 5.74) is 3.82. The zero-order chi connectivity index (χ0) is 19.0. The molecule has 2 N–H and O–H groups in total. The zero-order valence-corrected chi connectivity index (χ0v) is 15.1. The summed E-state index contributed by atoms with van der Waals surface area (Å²) in [7, 11) is 0. The van der Waals surface area contributed by atoms with Gasteiger partial charge in [-0.25, -0.2) is 10.2 Å². The van der Waals surface area contributed by atoms with Crippen LogP contribution in [0.5, 0.6) is 0 Å². The maximum Gasteiger partial charge on any atom is 0.335 e. The van der Waals surface area contributed by atoms with Crippen molar-refractivity contribution in [2.45, 2.75) is 32.6 Å². The average Bonchev–Trinajstić information content (AvgIpc) is 3.03. The van der Waals surface area contributed by atoms with Crippen molar-refractivity contribution in [1.82, 2.24) is 5.43 Å². The smallest absolute Gasteiger partial charge is 0.335 e. The molecule has 2 fully saturated rings. The number of rotatable bonds is 5. The first-order chi connectivity index (χ1) is 13.0. The van der Waals surface area contributed by atoms with Gasteiger partial charge < -0.3 is 9.52 Å². The monoisotopic (exact) mass is 366 g/mol. The number of fused-ring (bicyclic) bond motifs is 1. The molecule has 1 aromatic carbocycles. The highest BCUT2D eigenvalue weighted by Gasteiger charge is 2.64. The molecule has 2 aliphatic carbocycles. The molecule has 2 aromatic rings. The van der Waals surface area contributed by atoms with Crippen molar-refractivity contribution in [1.29, 1.82) is 0 Å². The van der Waals surface area contributed by atoms with E-state index in [-0.39, 0.29) is 22.8 Å². The summed E-state index contributed by atoms with van der Waals surface area (Å²) in [6.45, 7) is 2.21. The van der Waals surface area contributed by atoms with E-state index in [9.17, 15) is 9.59 Å². The quantitative estimate of drug-likeness (QED) is 0.620. The Bertz CT molecular complexity index is 899. The fourth-order valence-electron chi connectivity index (χ4n) is 4.43. The Balaban J connectivity index is 1.36. The Morgan fingerprint density at radius 1 is 1.22 bits per heavy atom. The van der Waals surface area contributed by atoms with Crippen molar-refractivity contribution < 1.29 is 19.1 Å². The third-order valence-corrected chi connectivity index (χ3v) is 6.02. The summed E-state index contributed by atoms with van der Waals surface area (Å²) in [4.78, 5) is 23.3. The molecule has 1 heterocycles. The Hall–Kier alpha value is -2.89. The van der Waals surface area contributed by atoms with Crippen LogP contribution in [-0.4, -0.2) is 23.2 Å². The minimum Gasteiger partial charge on any atom is -0.478 e. The first-order valence-corrected chi connectivity index (χ1v) is 9.25. The number of hydrazone groups is 1. The maximum atomic E-state index is 12.4. The topological polar surface area (TPSA) is 91.9 Å². The molecule has 1 aromatic heterocycles. The van der Waals surface area contributed by atoms with Gasteiger partial charge in [0.05, 0.1) is 11.8 Å². The van der Waals surface area contributed by atoms with Crippen LogP contribution in [0, 0.1) is 17.3 Å². The van der Waals surface area contributed by atoms with E-state index in [1.165, 1.54) is 31.2 Å². The molecule has 2 aliphatic rings. The molecule has 6 heteroatoms. The van der Waals surface area contributed by atoms with Gasteiger partial charge in [0.25, 0.3) is 0 Å². The molecule has 0 bridgehead atoms. The number of aromatic carboxylic acids is 1. The summed E-state index contributed by atoms with van der Waals surface area (Å²) in [5.74, 6) is 0.751. The molecule has 0 saturated heterocycles. The predicted molar refractivity (Wildman–Crippen MR) is 100 cm³/mol. The Morgan fingerprint density at radius 3 is 2.67 bits per heavy atom. The molecule has 1 amide bonds. The van der Waals surface area contributed by atoms with Gasteiger partial charge in [-0.15, -0.1) is 0 Å². The highest BCUT2D eigenvalue weighted by Crippen LogP contribution is 2.66. The Morgan fingerprint density at radius 2 is 2.00 bits per heavy atom. The molecule has 3 atom stereocenters. The Kier molecular flexibility index (Phi) is 4.34. The number of nitrogens with zero attached hydrogens (tertiary/aromatic N) is 1. The van der Waals surface area contributed by atoms with Gasteiger partial charge in [0, 0.05) is 11.5 Å². The number of hydrogen-bond donors (Lipinski definition) is 2. The fraction of sp³-hybridized carbons (Fsp3) is 0.381. The number of furan rings is 1. The number of carboxylic acid groups (broad SMARTS) is 1. The number of amides is 1. The molecule has 6 nitrogen and oxygen atoms in total. The third-order valence-electron chi connectivity index (χ3n) is 6.02. The molecule has 2 saturated carbocycles. The number of carbonyl (C=O) groups excluding carboxylic acids is 1. The maximum absolute atomic E-state index is 12.4. The molecule has 4 rings (SSSR count). The van der Waals surface area contributed by atoms with Gasteiger partial charge in [-0.3, -0.25) is 4.79 Å². The van der Waals surface area contributed by atoms with Crippen LogP contribution in [0.2, 0.25) is 0 Å². The van der Waals surface area contributed by atoms with Crippen LogP contribution in [0.25, 0.3) is 11.3 Å². The van der Waals surface area contributed by atoms with Crippen LogP contribution in [0.4, 0.5) is 0 Å². The lowest BCUT2D eigenvalue weighted by atomic mass is 9.90. The van der Waals surface area contributed by atoms with E-state index in [4.69, 9.17) is 9.52 Å². The normalized spacial score (nSPS) is 26.6. The summed E-state index contributed by atoms with van der Waals surface area (Å²) in [5, 5.41) is 13.0. The second-order valence-electron chi connectivity index (χ2n) is 7.65. The first kappa shape index (κ1) is 17.5. The van der Waals surface area contributed by atoms with Crippen molar-refractivity contribution in [2.75, 3.05) is 0 Å². The fourth-order valence-corrected chi connectivity index (χ4v) is 4.43. The van der Waals surface area contributed by atoms with Crippen molar-refractivity contribution in [3.8, 4) is 11.3 Å². The lowest BCUT2D eigenvalue weighted by Gasteiger charge is -2.15. The van der Waals surface area contributed by atoms with Gasteiger partial charge in [0.15, 0.2) is 0 Å². The van der Waals surface area contributed by atoms with Crippen LogP contribution in [-0.2, 0) is 4.79 Å². The summed E-state index contributed by atoms with van der Waals surface area (Å²) in [6.07, 6.45) is 6.18. The van der Waals surface area contributed by atoms with Gasteiger partial charge >= 0.3 is 5.97 Å². The Labute approximate surface area is 157 Å². The minimum absolute atomic E-state index is 0.00307. The van der Waals surface area contributed by atoms with Crippen LogP contribution in [0.15, 0.2) is 45.9 Å². The number of nitrogens with one attached hydrogen (secondary N) is 1. The SMILES string of the molecule is CC12CCCCC1C2C(=O)N/N=C/c1ccc(-c2ccc(C(=O)O)cc2)o1. The van der Waals surface area contributed by atoms with Gasteiger partial charge in [-0.2, -0.15) is 5.10 Å². The van der Waals surface area contributed by atoms with Crippen molar-refractivity contribution in [3.05, 3.63) is 47.7 Å². The van der Waals surface area contributed by atoms with E-state index >= 15 is 0 Å². The third kappa shape index (κ3) is 3.27. The lowest BCUT2D eigenvalue weighted by Crippen LogP contribution is -2.22. The number of hydrogen-bond acceptors (Lipinski definition) is 4. The standard InChI is InChI=1S/C21H22N2O4/c1-21-11-3-2-4-16(21)18(21)19(24)23-22-12-15-9-10-17(27-15)13-5-7-14(8-6-13)20(25)26/h5-10,12,16,18H,2-4,11H2,1H3,(H,23,24)(H,25,26)/b22-12+. The van der Waals surface area contributed by atoms with Gasteiger partial charge in [-0.05, 0) is 48.4 Å². The first-order valence-electron chi connectivity index (χ1n) is 9.25. The number of benzene rings is 1. The molecule has 27 heavy (non-hydrogen) atoms. The number of carbonyl (C=O) groups is 2. The second-order valence-corrected chi connectivity index (χ2v) is 7.65. The molecule has 0 radical (unpaired) electrons. The van der Waals surface area contributed by atoms with Gasteiger partial charge in [0.2, 0.25) is 5.91 Å². The van der Waals surface area contributed by atoms with Gasteiger partial charge in [0.1, 0.15) is 11.5 Å². The summed E-state index contributed by atoms with van der Waals surface area (Å²) < 4.78 is 5.69. The van der Waals surface area contributed by atoms with Crippen LogP contribution < -0.4 is 5.43 Å². The highest BCUT2D eigenvalue weighted by atomic mass is 16.4. The van der Waals surface area contributed by atoms with E-state index < -0.39 is 5.97 Å². The number of carboxylic acids is 1. The van der Waals surface area contributed by atoms with Crippen molar-refractivity contribution in [2.24, 2.45) is 22.4 Å². The second kappa shape index (κ2) is 6.68. The summed E-state index contributed by atoms with van der Waals surface area (Å²) in [6, 6.07) is 10.00. The predicted octanol–water partition coefficient (Wildman–Crippen LogP) is 3.92. The van der Waals surface area contributed by atoms with E-state index in [0.29, 0.717) is 17.4 Å². The summed E-state index contributed by atoms with van der Waals surface area (Å²) >= 11 is 0. The molecule has 140 valence electrons. The van der Waals surface area contributed by atoms with Gasteiger partial charge in [-0.1, -0.05) is 31.9 Å². The molecular formula is C21H22N2O4. The van der Waals surface area contributed by atoms with E-state index in [0.717, 1.165) is 18.4 Å². The van der Waals surface area contributed by atoms with Crippen molar-refractivity contribution in [3.63, 3.8) is 0 Å². The molecule has 0 aliphatic heterocycles. The van der Waals surface area contributed by atoms with Crippen LogP contribution >= 0.6 is 0 Å². The molecule has 0 spiro atoms. The molecule has 3 unspecified atom stereocenters. The average molecular weight is 366 g/mol. The largest absolute Gasteiger partial charge is 0.478 e. The van der Waals surface area contributed by atoms with E-state index in [1.807, 2.05) is 0 Å². The van der Waals surface area contributed by atoms with E-state index in [2.05, 4.69) is 17.5 Å².